The van der Waals surface area contributed by atoms with Gasteiger partial charge in [-0.05, 0) is 89.0 Å². The van der Waals surface area contributed by atoms with Crippen molar-refractivity contribution in [3.8, 4) is 22.5 Å². The summed E-state index contributed by atoms with van der Waals surface area (Å²) in [5.74, 6) is 0. The van der Waals surface area contributed by atoms with Crippen LogP contribution < -0.4 is 5.72 Å². The van der Waals surface area contributed by atoms with Gasteiger partial charge < -0.3 is 9.31 Å². The Balaban J connectivity index is 1.43. The normalized spacial score (nSPS) is 16.0. The molecule has 0 unspecified atom stereocenters. The fourth-order valence-electron chi connectivity index (χ4n) is 6.33. The Bertz CT molecular complexity index is 2070. The van der Waals surface area contributed by atoms with Crippen LogP contribution in [0.1, 0.15) is 27.7 Å². The largest absolute Gasteiger partial charge is 0.534 e. The van der Waals surface area contributed by atoms with Crippen molar-refractivity contribution in [3.05, 3.63) is 115 Å². The zero-order chi connectivity index (χ0) is 29.3. The Morgan fingerprint density at radius 3 is 1.28 bits per heavy atom. The van der Waals surface area contributed by atoms with E-state index in [2.05, 4.69) is 143 Å². The highest BCUT2D eigenvalue weighted by molar-refractivity contribution is 6.60. The molecule has 1 fully saturated rings. The highest BCUT2D eigenvalue weighted by Gasteiger charge is 2.53. The summed E-state index contributed by atoms with van der Waals surface area (Å²) in [6.45, 7) is 8.24. The van der Waals surface area contributed by atoms with Crippen molar-refractivity contribution in [2.24, 2.45) is 0 Å². The monoisotopic (exact) mass is 558 g/mol. The van der Waals surface area contributed by atoms with Gasteiger partial charge in [0.2, 0.25) is 0 Å². The number of hydrogen-bond donors (Lipinski definition) is 0. The minimum absolute atomic E-state index is 0.511. The maximum Gasteiger partial charge on any atom is 0.534 e. The molecule has 0 amide bonds. The van der Waals surface area contributed by atoms with Gasteiger partial charge in [-0.2, -0.15) is 0 Å². The molecule has 0 saturated carbocycles. The first-order valence-electron chi connectivity index (χ1n) is 14.9. The van der Waals surface area contributed by atoms with Crippen LogP contribution in [0.2, 0.25) is 0 Å². The van der Waals surface area contributed by atoms with E-state index in [1.807, 2.05) is 0 Å². The Kier molecular flexibility index (Phi) is 5.74. The first kappa shape index (κ1) is 26.1. The van der Waals surface area contributed by atoms with Crippen molar-refractivity contribution in [3.63, 3.8) is 0 Å². The van der Waals surface area contributed by atoms with E-state index in [4.69, 9.17) is 19.3 Å². The molecule has 0 N–H and O–H groups in total. The van der Waals surface area contributed by atoms with Crippen LogP contribution in [-0.4, -0.2) is 28.3 Å². The Hall–Kier alpha value is -4.58. The van der Waals surface area contributed by atoms with Gasteiger partial charge >= 0.3 is 7.12 Å². The molecule has 7 aromatic rings. The molecule has 208 valence electrons. The van der Waals surface area contributed by atoms with Crippen LogP contribution >= 0.6 is 0 Å². The fourth-order valence-corrected chi connectivity index (χ4v) is 6.33. The third-order valence-corrected chi connectivity index (χ3v) is 9.30. The Labute approximate surface area is 251 Å². The van der Waals surface area contributed by atoms with Crippen LogP contribution in [0.3, 0.4) is 0 Å². The molecule has 0 radical (unpaired) electrons. The average Bonchev–Trinajstić information content (AvgIpc) is 3.26. The predicted molar refractivity (Wildman–Crippen MR) is 179 cm³/mol. The fraction of sp³-hybridized carbons (Fsp3) is 0.158. The number of nitrogens with zero attached hydrogens (tertiary/aromatic N) is 2. The van der Waals surface area contributed by atoms with Crippen molar-refractivity contribution < 1.29 is 9.31 Å². The lowest BCUT2D eigenvalue weighted by atomic mass is 9.87. The Morgan fingerprint density at radius 1 is 0.465 bits per heavy atom. The second-order valence-electron chi connectivity index (χ2n) is 12.5. The van der Waals surface area contributed by atoms with Crippen LogP contribution in [0.4, 0.5) is 0 Å². The lowest BCUT2D eigenvalue weighted by molar-refractivity contribution is 0.00578. The second kappa shape index (κ2) is 9.47. The molecular weight excluding hydrogens is 527 g/mol. The van der Waals surface area contributed by atoms with Crippen molar-refractivity contribution in [1.82, 2.24) is 9.97 Å². The molecule has 0 aliphatic carbocycles. The van der Waals surface area contributed by atoms with Gasteiger partial charge in [-0.3, -0.25) is 0 Å². The summed E-state index contributed by atoms with van der Waals surface area (Å²) < 4.78 is 13.0. The Morgan fingerprint density at radius 2 is 0.837 bits per heavy atom. The summed E-state index contributed by atoms with van der Waals surface area (Å²) in [6.07, 6.45) is 0. The van der Waals surface area contributed by atoms with Gasteiger partial charge in [0.05, 0.1) is 22.6 Å². The first-order chi connectivity index (χ1) is 20.8. The summed E-state index contributed by atoms with van der Waals surface area (Å²) >= 11 is 0. The first-order valence-corrected chi connectivity index (χ1v) is 14.9. The number of hydrogen-bond acceptors (Lipinski definition) is 4. The molecule has 0 spiro atoms. The SMILES string of the molecule is CC1(C)OB(c2nc(-c3cc4ccccc4c4ccccc34)cc(-c3cc4ccccc4c4ccccc34)n2)OC1(C)C. The molecule has 1 saturated heterocycles. The topological polar surface area (TPSA) is 44.2 Å². The molecule has 43 heavy (non-hydrogen) atoms. The quantitative estimate of drug-likeness (QED) is 0.161. The van der Waals surface area contributed by atoms with Crippen molar-refractivity contribution >= 4 is 55.9 Å². The van der Waals surface area contributed by atoms with Gasteiger partial charge in [-0.1, -0.05) is 97.1 Å². The smallest absolute Gasteiger partial charge is 0.397 e. The van der Waals surface area contributed by atoms with Gasteiger partial charge in [-0.25, -0.2) is 9.97 Å². The third kappa shape index (κ3) is 4.15. The molecule has 4 nitrogen and oxygen atoms in total. The lowest BCUT2D eigenvalue weighted by Gasteiger charge is -2.32. The minimum atomic E-state index is -0.692. The maximum absolute atomic E-state index is 6.50. The van der Waals surface area contributed by atoms with Crippen molar-refractivity contribution in [1.29, 1.82) is 0 Å². The second-order valence-corrected chi connectivity index (χ2v) is 12.5. The highest BCUT2D eigenvalue weighted by Crippen LogP contribution is 2.39. The number of fused-ring (bicyclic) bond motifs is 6. The van der Waals surface area contributed by atoms with Crippen molar-refractivity contribution in [2.75, 3.05) is 0 Å². The van der Waals surface area contributed by atoms with Gasteiger partial charge in [0.15, 0.2) is 5.72 Å². The van der Waals surface area contributed by atoms with E-state index in [9.17, 15) is 0 Å². The van der Waals surface area contributed by atoms with Crippen molar-refractivity contribution in [2.45, 2.75) is 38.9 Å². The standard InChI is InChI=1S/C38H31BN2O2/c1-37(2)38(3,4)43-39(42-37)36-40-34(32-21-24-13-5-7-15-26(24)28-17-9-11-19-30(28)32)23-35(41-36)33-22-25-14-6-8-16-27(25)29-18-10-12-20-31(29)33/h5-23H,1-4H3. The van der Waals surface area contributed by atoms with E-state index >= 15 is 0 Å². The van der Waals surface area contributed by atoms with E-state index in [0.29, 0.717) is 5.72 Å². The molecule has 1 aliphatic rings. The van der Waals surface area contributed by atoms with E-state index < -0.39 is 18.3 Å². The maximum atomic E-state index is 6.50. The van der Waals surface area contributed by atoms with E-state index in [-0.39, 0.29) is 0 Å². The highest BCUT2D eigenvalue weighted by atomic mass is 16.7. The summed E-state index contributed by atoms with van der Waals surface area (Å²) in [4.78, 5) is 10.4. The molecule has 1 aliphatic heterocycles. The van der Waals surface area contributed by atoms with Gasteiger partial charge in [-0.15, -0.1) is 0 Å². The zero-order valence-electron chi connectivity index (χ0n) is 24.8. The van der Waals surface area contributed by atoms with Gasteiger partial charge in [0.25, 0.3) is 0 Å². The molecule has 6 aromatic carbocycles. The molecular formula is C38H31BN2O2. The lowest BCUT2D eigenvalue weighted by Crippen LogP contribution is -2.41. The van der Waals surface area contributed by atoms with Crippen LogP contribution in [-0.2, 0) is 9.31 Å². The van der Waals surface area contributed by atoms with E-state index in [1.165, 1.54) is 32.3 Å². The minimum Gasteiger partial charge on any atom is -0.397 e. The predicted octanol–water partition coefficient (Wildman–Crippen LogP) is 8.72. The van der Waals surface area contributed by atoms with Gasteiger partial charge in [0, 0.05) is 11.1 Å². The van der Waals surface area contributed by atoms with Crippen LogP contribution in [0, 0.1) is 0 Å². The van der Waals surface area contributed by atoms with Gasteiger partial charge in [0.1, 0.15) is 0 Å². The summed E-state index contributed by atoms with van der Waals surface area (Å²) in [7, 11) is -0.692. The van der Waals surface area contributed by atoms with E-state index in [1.54, 1.807) is 0 Å². The molecule has 5 heteroatoms. The van der Waals surface area contributed by atoms with Crippen LogP contribution in [0.5, 0.6) is 0 Å². The third-order valence-electron chi connectivity index (χ3n) is 9.30. The van der Waals surface area contributed by atoms with Crippen LogP contribution in [0.25, 0.3) is 65.6 Å². The average molecular weight is 558 g/mol. The van der Waals surface area contributed by atoms with Crippen LogP contribution in [0.15, 0.2) is 115 Å². The number of aromatic nitrogens is 2. The zero-order valence-corrected chi connectivity index (χ0v) is 24.8. The summed E-state index contributed by atoms with van der Waals surface area (Å²) in [6, 6.07) is 40.8. The number of benzene rings is 6. The summed E-state index contributed by atoms with van der Waals surface area (Å²) in [5, 5.41) is 9.48. The summed E-state index contributed by atoms with van der Waals surface area (Å²) in [5.41, 5.74) is 3.30. The molecule has 2 heterocycles. The molecule has 0 atom stereocenters. The number of rotatable bonds is 3. The molecule has 1 aromatic heterocycles. The molecule has 8 rings (SSSR count). The van der Waals surface area contributed by atoms with E-state index in [0.717, 1.165) is 33.3 Å². The molecule has 0 bridgehead atoms.